The minimum absolute atomic E-state index is 0.135. The van der Waals surface area contributed by atoms with Crippen LogP contribution in [0.4, 0.5) is 0 Å². The van der Waals surface area contributed by atoms with E-state index in [4.69, 9.17) is 4.74 Å². The van der Waals surface area contributed by atoms with Crippen molar-refractivity contribution in [3.63, 3.8) is 0 Å². The lowest BCUT2D eigenvalue weighted by atomic mass is 9.97. The molecule has 0 spiro atoms. The molecule has 0 aromatic rings. The second-order valence-corrected chi connectivity index (χ2v) is 6.10. The van der Waals surface area contributed by atoms with Crippen LogP contribution in [0.2, 0.25) is 0 Å². The van der Waals surface area contributed by atoms with Crippen molar-refractivity contribution < 1.29 is 9.53 Å². The summed E-state index contributed by atoms with van der Waals surface area (Å²) in [5, 5.41) is 3.14. The van der Waals surface area contributed by atoms with Crippen molar-refractivity contribution in [1.29, 1.82) is 0 Å². The summed E-state index contributed by atoms with van der Waals surface area (Å²) in [4.78, 5) is 14.5. The highest BCUT2D eigenvalue weighted by Crippen LogP contribution is 2.21. The number of ether oxygens (including phenoxy) is 1. The molecule has 0 aromatic carbocycles. The molecule has 1 N–H and O–H groups in total. The van der Waals surface area contributed by atoms with Gasteiger partial charge in [-0.1, -0.05) is 13.3 Å². The maximum atomic E-state index is 12.0. The molecule has 4 heteroatoms. The summed E-state index contributed by atoms with van der Waals surface area (Å²) in [6.07, 6.45) is 6.04. The van der Waals surface area contributed by atoms with Crippen molar-refractivity contribution in [3.05, 3.63) is 0 Å². The van der Waals surface area contributed by atoms with E-state index in [2.05, 4.69) is 17.1 Å². The first-order valence-electron chi connectivity index (χ1n) is 8.14. The van der Waals surface area contributed by atoms with Crippen molar-refractivity contribution in [2.24, 2.45) is 5.92 Å². The third kappa shape index (κ3) is 5.06. The zero-order valence-electron chi connectivity index (χ0n) is 13.7. The van der Waals surface area contributed by atoms with Gasteiger partial charge >= 0.3 is 5.97 Å². The summed E-state index contributed by atoms with van der Waals surface area (Å²) in [7, 11) is 1.84. The smallest absolute Gasteiger partial charge is 0.326 e. The van der Waals surface area contributed by atoms with Crippen molar-refractivity contribution in [2.45, 2.75) is 58.4 Å². The number of carbonyl (C=O) groups excluding carboxylic acids is 1. The second kappa shape index (κ2) is 8.63. The number of nitrogens with one attached hydrogen (secondary N) is 1. The molecule has 1 fully saturated rings. The minimum Gasteiger partial charge on any atom is -0.465 e. The highest BCUT2D eigenvalue weighted by Gasteiger charge is 2.33. The van der Waals surface area contributed by atoms with Gasteiger partial charge in [-0.25, -0.2) is 0 Å². The van der Waals surface area contributed by atoms with E-state index >= 15 is 0 Å². The maximum absolute atomic E-state index is 12.0. The summed E-state index contributed by atoms with van der Waals surface area (Å²) in [5.74, 6) is 0.754. The number of hydrogen-bond donors (Lipinski definition) is 1. The van der Waals surface area contributed by atoms with Crippen molar-refractivity contribution in [1.82, 2.24) is 10.2 Å². The van der Waals surface area contributed by atoms with Crippen molar-refractivity contribution in [3.8, 4) is 0 Å². The Morgan fingerprint density at radius 2 is 2.10 bits per heavy atom. The number of esters is 1. The van der Waals surface area contributed by atoms with Crippen LogP contribution in [0.25, 0.3) is 0 Å². The third-order valence-electron chi connectivity index (χ3n) is 4.72. The van der Waals surface area contributed by atoms with E-state index in [-0.39, 0.29) is 5.97 Å². The lowest BCUT2D eigenvalue weighted by Gasteiger charge is -2.30. The first-order valence-corrected chi connectivity index (χ1v) is 8.14. The van der Waals surface area contributed by atoms with E-state index in [0.717, 1.165) is 18.9 Å². The van der Waals surface area contributed by atoms with E-state index in [1.54, 1.807) is 0 Å². The van der Waals surface area contributed by atoms with Gasteiger partial charge in [0.15, 0.2) is 0 Å². The van der Waals surface area contributed by atoms with Gasteiger partial charge in [-0.3, -0.25) is 4.79 Å². The molecular formula is C16H32N2O2. The fraction of sp³-hybridized carbons (Fsp3) is 0.938. The fourth-order valence-electron chi connectivity index (χ4n) is 2.86. The van der Waals surface area contributed by atoms with Crippen molar-refractivity contribution in [2.75, 3.05) is 33.3 Å². The third-order valence-corrected chi connectivity index (χ3v) is 4.72. The van der Waals surface area contributed by atoms with Gasteiger partial charge in [0.1, 0.15) is 5.54 Å². The Labute approximate surface area is 124 Å². The largest absolute Gasteiger partial charge is 0.465 e. The standard InChI is InChI=1S/C16H32N2O2/c1-5-14-8-7-11-18(12-9-14)13-10-16(3,17-4)15(19)20-6-2/h14,17H,5-13H2,1-4H3. The topological polar surface area (TPSA) is 41.6 Å². The molecule has 0 aliphatic carbocycles. The van der Waals surface area contributed by atoms with E-state index in [9.17, 15) is 4.79 Å². The molecule has 4 nitrogen and oxygen atoms in total. The second-order valence-electron chi connectivity index (χ2n) is 6.10. The van der Waals surface area contributed by atoms with Gasteiger partial charge in [0.2, 0.25) is 0 Å². The van der Waals surface area contributed by atoms with Crippen LogP contribution in [0.3, 0.4) is 0 Å². The van der Waals surface area contributed by atoms with Gasteiger partial charge in [-0.05, 0) is 65.6 Å². The number of likely N-dealkylation sites (N-methyl/N-ethyl adjacent to an activating group) is 1. The van der Waals surface area contributed by atoms with E-state index in [0.29, 0.717) is 6.61 Å². The summed E-state index contributed by atoms with van der Waals surface area (Å²) in [6.45, 7) is 9.83. The van der Waals surface area contributed by atoms with Crippen LogP contribution in [0.15, 0.2) is 0 Å². The Balaban J connectivity index is 2.45. The van der Waals surface area contributed by atoms with Crippen molar-refractivity contribution >= 4 is 5.97 Å². The predicted octanol–water partition coefficient (Wildman–Crippen LogP) is 2.43. The summed E-state index contributed by atoms with van der Waals surface area (Å²) >= 11 is 0. The highest BCUT2D eigenvalue weighted by atomic mass is 16.5. The molecule has 0 amide bonds. The van der Waals surface area contributed by atoms with Gasteiger partial charge in [-0.2, -0.15) is 0 Å². The number of carbonyl (C=O) groups is 1. The molecule has 2 atom stereocenters. The Morgan fingerprint density at radius 1 is 1.35 bits per heavy atom. The number of likely N-dealkylation sites (tertiary alicyclic amines) is 1. The lowest BCUT2D eigenvalue weighted by molar-refractivity contribution is -0.150. The molecule has 2 unspecified atom stereocenters. The molecule has 1 aliphatic heterocycles. The molecule has 118 valence electrons. The molecule has 0 aromatic heterocycles. The molecule has 0 bridgehead atoms. The molecular weight excluding hydrogens is 252 g/mol. The van der Waals surface area contributed by atoms with Crippen LogP contribution in [0.5, 0.6) is 0 Å². The molecule has 1 rings (SSSR count). The first kappa shape index (κ1) is 17.4. The summed E-state index contributed by atoms with van der Waals surface area (Å²) in [6, 6.07) is 0. The Bertz CT molecular complexity index is 296. The molecule has 1 saturated heterocycles. The quantitative estimate of drug-likeness (QED) is 0.729. The Kier molecular flexibility index (Phi) is 7.52. The Hall–Kier alpha value is -0.610. The fourth-order valence-corrected chi connectivity index (χ4v) is 2.86. The zero-order valence-corrected chi connectivity index (χ0v) is 13.7. The predicted molar refractivity (Wildman–Crippen MR) is 82.8 cm³/mol. The minimum atomic E-state index is -0.563. The highest BCUT2D eigenvalue weighted by molar-refractivity contribution is 5.80. The van der Waals surface area contributed by atoms with Gasteiger partial charge in [0, 0.05) is 6.54 Å². The average Bonchev–Trinajstić information content (AvgIpc) is 2.70. The molecule has 0 saturated carbocycles. The zero-order chi connectivity index (χ0) is 15.0. The van der Waals surface area contributed by atoms with Crippen LogP contribution in [0, 0.1) is 5.92 Å². The maximum Gasteiger partial charge on any atom is 0.326 e. The Morgan fingerprint density at radius 3 is 2.70 bits per heavy atom. The molecule has 20 heavy (non-hydrogen) atoms. The average molecular weight is 284 g/mol. The van der Waals surface area contributed by atoms with E-state index in [1.165, 1.54) is 38.8 Å². The van der Waals surface area contributed by atoms with Crippen LogP contribution < -0.4 is 5.32 Å². The summed E-state index contributed by atoms with van der Waals surface area (Å²) < 4.78 is 5.18. The SMILES string of the molecule is CCOC(=O)C(C)(CCN1CCCC(CC)CC1)NC. The molecule has 1 aliphatic rings. The van der Waals surface area contributed by atoms with Gasteiger partial charge in [-0.15, -0.1) is 0 Å². The van der Waals surface area contributed by atoms with Gasteiger partial charge in [0.25, 0.3) is 0 Å². The van der Waals surface area contributed by atoms with Crippen LogP contribution in [-0.2, 0) is 9.53 Å². The summed E-state index contributed by atoms with van der Waals surface area (Å²) in [5.41, 5.74) is -0.563. The van der Waals surface area contributed by atoms with Crippen LogP contribution >= 0.6 is 0 Å². The van der Waals surface area contributed by atoms with E-state index in [1.807, 2.05) is 20.9 Å². The first-order chi connectivity index (χ1) is 9.55. The number of nitrogens with zero attached hydrogens (tertiary/aromatic N) is 1. The van der Waals surface area contributed by atoms with Crippen LogP contribution in [0.1, 0.15) is 52.9 Å². The molecule has 1 heterocycles. The number of hydrogen-bond acceptors (Lipinski definition) is 4. The number of rotatable bonds is 7. The monoisotopic (exact) mass is 284 g/mol. The van der Waals surface area contributed by atoms with E-state index < -0.39 is 5.54 Å². The molecule has 0 radical (unpaired) electrons. The normalized spacial score (nSPS) is 23.9. The van der Waals surface area contributed by atoms with Gasteiger partial charge in [0.05, 0.1) is 6.61 Å². The van der Waals surface area contributed by atoms with Gasteiger partial charge < -0.3 is 15.0 Å². The van der Waals surface area contributed by atoms with Crippen LogP contribution in [-0.4, -0.2) is 49.7 Å². The lowest BCUT2D eigenvalue weighted by Crippen LogP contribution is -2.50.